The minimum absolute atomic E-state index is 0.0387. The van der Waals surface area contributed by atoms with Crippen LogP contribution in [-0.2, 0) is 22.4 Å². The summed E-state index contributed by atoms with van der Waals surface area (Å²) in [7, 11) is 0. The fourth-order valence-corrected chi connectivity index (χ4v) is 2.27. The summed E-state index contributed by atoms with van der Waals surface area (Å²) in [6.45, 7) is 1.46. The van der Waals surface area contributed by atoms with E-state index in [-0.39, 0.29) is 12.1 Å². The Balaban J connectivity index is 2.14. The maximum absolute atomic E-state index is 10.8. The topological polar surface area (TPSA) is 26.3 Å². The van der Waals surface area contributed by atoms with E-state index in [2.05, 4.69) is 28.1 Å². The van der Waals surface area contributed by atoms with Crippen LogP contribution in [0.25, 0.3) is 0 Å². The van der Waals surface area contributed by atoms with Gasteiger partial charge in [-0.05, 0) is 23.3 Å². The van der Waals surface area contributed by atoms with Gasteiger partial charge in [0.1, 0.15) is 6.10 Å². The number of hydrogen-bond acceptors (Lipinski definition) is 2. The second-order valence-corrected chi connectivity index (χ2v) is 4.47. The highest BCUT2D eigenvalue weighted by Gasteiger charge is 2.23. The summed E-state index contributed by atoms with van der Waals surface area (Å²) in [5.41, 5.74) is 2.57. The Morgan fingerprint density at radius 2 is 2.14 bits per heavy atom. The molecule has 0 radical (unpaired) electrons. The van der Waals surface area contributed by atoms with Gasteiger partial charge in [-0.1, -0.05) is 22.0 Å². The van der Waals surface area contributed by atoms with Crippen molar-refractivity contribution < 1.29 is 9.53 Å². The molecule has 74 valence electrons. The van der Waals surface area contributed by atoms with E-state index in [1.54, 1.807) is 0 Å². The number of esters is 1. The van der Waals surface area contributed by atoms with Gasteiger partial charge >= 0.3 is 5.97 Å². The zero-order chi connectivity index (χ0) is 10.1. The van der Waals surface area contributed by atoms with Crippen molar-refractivity contribution in [3.8, 4) is 0 Å². The number of ether oxygens (including phenoxy) is 1. The molecule has 0 saturated heterocycles. The van der Waals surface area contributed by atoms with Crippen LogP contribution in [0, 0.1) is 0 Å². The third-order valence-electron chi connectivity index (χ3n) is 2.40. The molecular formula is C11H11BrO2. The van der Waals surface area contributed by atoms with E-state index in [0.717, 1.165) is 17.3 Å². The average Bonchev–Trinajstić information content (AvgIpc) is 2.44. The summed E-state index contributed by atoms with van der Waals surface area (Å²) in [6.07, 6.45) is 1.73. The lowest BCUT2D eigenvalue weighted by Crippen LogP contribution is -2.15. The maximum atomic E-state index is 10.8. The van der Waals surface area contributed by atoms with Crippen LogP contribution < -0.4 is 0 Å². The molecular weight excluding hydrogens is 244 g/mol. The zero-order valence-corrected chi connectivity index (χ0v) is 9.50. The van der Waals surface area contributed by atoms with Crippen molar-refractivity contribution in [1.29, 1.82) is 0 Å². The van der Waals surface area contributed by atoms with Crippen molar-refractivity contribution >= 4 is 21.9 Å². The van der Waals surface area contributed by atoms with Crippen molar-refractivity contribution in [2.45, 2.75) is 25.9 Å². The molecule has 0 N–H and O–H groups in total. The van der Waals surface area contributed by atoms with Gasteiger partial charge in [0.15, 0.2) is 0 Å². The van der Waals surface area contributed by atoms with Gasteiger partial charge in [-0.15, -0.1) is 0 Å². The quantitative estimate of drug-likeness (QED) is 0.720. The lowest BCUT2D eigenvalue weighted by atomic mass is 10.1. The van der Waals surface area contributed by atoms with E-state index >= 15 is 0 Å². The first kappa shape index (κ1) is 9.71. The number of rotatable bonds is 1. The summed E-state index contributed by atoms with van der Waals surface area (Å²) in [6, 6.07) is 6.21. The predicted molar refractivity (Wildman–Crippen MR) is 57.1 cm³/mol. The molecule has 0 fully saturated rings. The van der Waals surface area contributed by atoms with Crippen LogP contribution in [0.3, 0.4) is 0 Å². The van der Waals surface area contributed by atoms with E-state index < -0.39 is 0 Å². The summed E-state index contributed by atoms with van der Waals surface area (Å²) >= 11 is 3.43. The highest BCUT2D eigenvalue weighted by Crippen LogP contribution is 2.27. The molecule has 3 heteroatoms. The average molecular weight is 255 g/mol. The molecule has 2 rings (SSSR count). The van der Waals surface area contributed by atoms with Crippen molar-refractivity contribution in [2.75, 3.05) is 0 Å². The number of hydrogen-bond donors (Lipinski definition) is 0. The van der Waals surface area contributed by atoms with Gasteiger partial charge in [0.25, 0.3) is 0 Å². The van der Waals surface area contributed by atoms with Gasteiger partial charge in [0.05, 0.1) is 0 Å². The number of benzene rings is 1. The largest absolute Gasteiger partial charge is 0.462 e. The Bertz CT molecular complexity index is 374. The Labute approximate surface area is 91.4 Å². The molecule has 0 amide bonds. The number of carbonyl (C=O) groups excluding carboxylic acids is 1. The smallest absolute Gasteiger partial charge is 0.302 e. The third kappa shape index (κ3) is 1.98. The molecule has 1 aromatic carbocycles. The van der Waals surface area contributed by atoms with E-state index in [1.807, 2.05) is 6.07 Å². The lowest BCUT2D eigenvalue weighted by Gasteiger charge is -2.08. The normalized spacial score (nSPS) is 19.1. The van der Waals surface area contributed by atoms with Gasteiger partial charge in [-0.25, -0.2) is 0 Å². The molecule has 0 unspecified atom stereocenters. The molecule has 0 aromatic heterocycles. The van der Waals surface area contributed by atoms with Crippen LogP contribution in [0.15, 0.2) is 22.7 Å². The first-order valence-electron chi connectivity index (χ1n) is 4.59. The molecule has 0 heterocycles. The van der Waals surface area contributed by atoms with Crippen LogP contribution in [0.4, 0.5) is 0 Å². The SMILES string of the molecule is CC(=O)O[C@H]1Cc2ccc(Br)cc2C1. The molecule has 14 heavy (non-hydrogen) atoms. The van der Waals surface area contributed by atoms with Crippen LogP contribution >= 0.6 is 15.9 Å². The standard InChI is InChI=1S/C11H11BrO2/c1-7(13)14-11-5-8-2-3-10(12)4-9(8)6-11/h2-4,11H,5-6H2,1H3/t11-/m0/s1. The summed E-state index contributed by atoms with van der Waals surface area (Å²) in [4.78, 5) is 10.8. The van der Waals surface area contributed by atoms with Crippen LogP contribution in [0.1, 0.15) is 18.1 Å². The molecule has 2 nitrogen and oxygen atoms in total. The van der Waals surface area contributed by atoms with E-state index in [9.17, 15) is 4.79 Å². The minimum Gasteiger partial charge on any atom is -0.462 e. The van der Waals surface area contributed by atoms with Crippen LogP contribution in [0.5, 0.6) is 0 Å². The molecule has 0 aliphatic heterocycles. The molecule has 1 atom stereocenters. The summed E-state index contributed by atoms with van der Waals surface area (Å²) in [5, 5.41) is 0. The molecule has 0 bridgehead atoms. The maximum Gasteiger partial charge on any atom is 0.302 e. The second kappa shape index (κ2) is 3.73. The van der Waals surface area contributed by atoms with Crippen LogP contribution in [0.2, 0.25) is 0 Å². The zero-order valence-electron chi connectivity index (χ0n) is 7.92. The fourth-order valence-electron chi connectivity index (χ4n) is 1.86. The van der Waals surface area contributed by atoms with Crippen molar-refractivity contribution in [2.24, 2.45) is 0 Å². The Morgan fingerprint density at radius 1 is 1.43 bits per heavy atom. The monoisotopic (exact) mass is 254 g/mol. The van der Waals surface area contributed by atoms with E-state index in [4.69, 9.17) is 4.74 Å². The van der Waals surface area contributed by atoms with Crippen molar-refractivity contribution in [1.82, 2.24) is 0 Å². The molecule has 0 spiro atoms. The number of carbonyl (C=O) groups is 1. The van der Waals surface area contributed by atoms with E-state index in [1.165, 1.54) is 18.1 Å². The number of halogens is 1. The van der Waals surface area contributed by atoms with Gasteiger partial charge in [0.2, 0.25) is 0 Å². The Morgan fingerprint density at radius 3 is 2.86 bits per heavy atom. The van der Waals surface area contributed by atoms with Gasteiger partial charge in [-0.3, -0.25) is 4.79 Å². The van der Waals surface area contributed by atoms with Crippen molar-refractivity contribution in [3.63, 3.8) is 0 Å². The van der Waals surface area contributed by atoms with Gasteiger partial charge < -0.3 is 4.74 Å². The highest BCUT2D eigenvalue weighted by molar-refractivity contribution is 9.10. The Hall–Kier alpha value is -0.830. The second-order valence-electron chi connectivity index (χ2n) is 3.55. The fraction of sp³-hybridized carbons (Fsp3) is 0.364. The molecule has 0 saturated carbocycles. The number of fused-ring (bicyclic) bond motifs is 1. The summed E-state index contributed by atoms with van der Waals surface area (Å²) < 4.78 is 6.26. The van der Waals surface area contributed by atoms with E-state index in [0.29, 0.717) is 0 Å². The third-order valence-corrected chi connectivity index (χ3v) is 2.89. The van der Waals surface area contributed by atoms with Gasteiger partial charge in [0, 0.05) is 24.2 Å². The lowest BCUT2D eigenvalue weighted by molar-refractivity contribution is -0.145. The predicted octanol–water partition coefficient (Wildman–Crippen LogP) is 2.48. The molecule has 1 aliphatic carbocycles. The molecule has 1 aromatic rings. The molecule has 1 aliphatic rings. The first-order valence-corrected chi connectivity index (χ1v) is 5.39. The van der Waals surface area contributed by atoms with Gasteiger partial charge in [-0.2, -0.15) is 0 Å². The van der Waals surface area contributed by atoms with Crippen molar-refractivity contribution in [3.05, 3.63) is 33.8 Å². The summed E-state index contributed by atoms with van der Waals surface area (Å²) in [5.74, 6) is -0.193. The minimum atomic E-state index is -0.193. The Kier molecular flexibility index (Phi) is 2.59. The van der Waals surface area contributed by atoms with Crippen LogP contribution in [-0.4, -0.2) is 12.1 Å². The first-order chi connectivity index (χ1) is 6.65. The highest BCUT2D eigenvalue weighted by atomic mass is 79.9.